The molecule has 88 valence electrons. The third kappa shape index (κ3) is 3.39. The van der Waals surface area contributed by atoms with Crippen molar-refractivity contribution in [3.05, 3.63) is 28.0 Å². The van der Waals surface area contributed by atoms with Crippen molar-refractivity contribution in [2.24, 2.45) is 5.73 Å². The van der Waals surface area contributed by atoms with Crippen LogP contribution < -0.4 is 16.6 Å². The largest absolute Gasteiger partial charge is 0.494 e. The molecule has 0 saturated carbocycles. The Kier molecular flexibility index (Phi) is 4.07. The third-order valence-electron chi connectivity index (χ3n) is 2.14. The van der Waals surface area contributed by atoms with E-state index in [2.05, 4.69) is 10.3 Å². The lowest BCUT2D eigenvalue weighted by molar-refractivity contribution is 0.0950. The number of hydrogen-bond donors (Lipinski definition) is 4. The summed E-state index contributed by atoms with van der Waals surface area (Å²) in [6.07, 6.45) is 0.751. The molecular formula is C10H15N3O3. The minimum Gasteiger partial charge on any atom is -0.494 e. The summed E-state index contributed by atoms with van der Waals surface area (Å²) in [5.74, 6) is -0.761. The van der Waals surface area contributed by atoms with Crippen molar-refractivity contribution >= 4 is 5.91 Å². The predicted octanol–water partition coefficient (Wildman–Crippen LogP) is -0.452. The zero-order valence-electron chi connectivity index (χ0n) is 8.99. The molecule has 0 radical (unpaired) electrons. The first kappa shape index (κ1) is 12.3. The van der Waals surface area contributed by atoms with Crippen molar-refractivity contribution in [3.63, 3.8) is 0 Å². The Morgan fingerprint density at radius 2 is 2.31 bits per heavy atom. The molecule has 0 aliphatic carbocycles. The Balaban J connectivity index is 2.69. The number of pyridine rings is 1. The Morgan fingerprint density at radius 1 is 1.62 bits per heavy atom. The lowest BCUT2D eigenvalue weighted by Crippen LogP contribution is -2.37. The van der Waals surface area contributed by atoms with E-state index in [0.29, 0.717) is 6.54 Å². The van der Waals surface area contributed by atoms with Crippen molar-refractivity contribution in [1.82, 2.24) is 10.3 Å². The van der Waals surface area contributed by atoms with Gasteiger partial charge < -0.3 is 16.2 Å². The van der Waals surface area contributed by atoms with Crippen LogP contribution >= 0.6 is 0 Å². The molecule has 0 aromatic carbocycles. The van der Waals surface area contributed by atoms with Gasteiger partial charge in [0.05, 0.1) is 5.56 Å². The highest BCUT2D eigenvalue weighted by Gasteiger charge is 2.08. The third-order valence-corrected chi connectivity index (χ3v) is 2.14. The normalized spacial score (nSPS) is 12.1. The van der Waals surface area contributed by atoms with Crippen molar-refractivity contribution in [1.29, 1.82) is 0 Å². The molecule has 1 atom stereocenters. The van der Waals surface area contributed by atoms with Crippen molar-refractivity contribution in [2.75, 3.05) is 6.54 Å². The van der Waals surface area contributed by atoms with Gasteiger partial charge in [-0.25, -0.2) is 0 Å². The minimum atomic E-state index is -0.523. The first-order valence-corrected chi connectivity index (χ1v) is 5.00. The maximum Gasteiger partial charge on any atom is 0.251 e. The van der Waals surface area contributed by atoms with E-state index in [0.717, 1.165) is 12.5 Å². The summed E-state index contributed by atoms with van der Waals surface area (Å²) in [5.41, 5.74) is 5.22. The number of aromatic amines is 1. The first-order chi connectivity index (χ1) is 7.52. The summed E-state index contributed by atoms with van der Waals surface area (Å²) in [6.45, 7) is 2.25. The van der Waals surface area contributed by atoms with E-state index in [4.69, 9.17) is 10.8 Å². The number of carbonyl (C=O) groups excluding carboxylic acids is 1. The zero-order chi connectivity index (χ0) is 12.1. The van der Waals surface area contributed by atoms with Gasteiger partial charge in [0.15, 0.2) is 5.88 Å². The SMILES string of the molecule is CCC(N)CNC(=O)c1cc(O)[nH]c(=O)c1. The zero-order valence-corrected chi connectivity index (χ0v) is 8.99. The average molecular weight is 225 g/mol. The van der Waals surface area contributed by atoms with Crippen LogP contribution in [0.5, 0.6) is 5.88 Å². The number of aromatic nitrogens is 1. The molecule has 6 nitrogen and oxygen atoms in total. The molecule has 1 aromatic rings. The molecule has 6 heteroatoms. The van der Waals surface area contributed by atoms with Crippen LogP contribution in [-0.2, 0) is 0 Å². The van der Waals surface area contributed by atoms with Gasteiger partial charge in [0.2, 0.25) is 0 Å². The summed E-state index contributed by atoms with van der Waals surface area (Å²) in [7, 11) is 0. The summed E-state index contributed by atoms with van der Waals surface area (Å²) in [4.78, 5) is 24.7. The van der Waals surface area contributed by atoms with Gasteiger partial charge in [-0.05, 0) is 6.42 Å². The summed E-state index contributed by atoms with van der Waals surface area (Å²) in [5, 5.41) is 11.7. The Labute approximate surface area is 92.5 Å². The number of carbonyl (C=O) groups is 1. The Hall–Kier alpha value is -1.82. The molecule has 0 bridgehead atoms. The lowest BCUT2D eigenvalue weighted by Gasteiger charge is -2.10. The van der Waals surface area contributed by atoms with E-state index >= 15 is 0 Å². The second-order valence-corrected chi connectivity index (χ2v) is 3.50. The molecular weight excluding hydrogens is 210 g/mol. The van der Waals surface area contributed by atoms with Gasteiger partial charge in [-0.2, -0.15) is 0 Å². The van der Waals surface area contributed by atoms with Crippen molar-refractivity contribution < 1.29 is 9.90 Å². The quantitative estimate of drug-likeness (QED) is 0.556. The number of nitrogens with two attached hydrogens (primary N) is 1. The molecule has 16 heavy (non-hydrogen) atoms. The standard InChI is InChI=1S/C10H15N3O3/c1-2-7(11)5-12-10(16)6-3-8(14)13-9(15)4-6/h3-4,7H,2,5,11H2,1H3,(H,12,16)(H2,13,14,15). The van der Waals surface area contributed by atoms with E-state index < -0.39 is 11.5 Å². The van der Waals surface area contributed by atoms with Crippen LogP contribution in [0.15, 0.2) is 16.9 Å². The number of amides is 1. The van der Waals surface area contributed by atoms with Gasteiger partial charge in [0.25, 0.3) is 11.5 Å². The number of H-pyrrole nitrogens is 1. The fourth-order valence-electron chi connectivity index (χ4n) is 1.13. The molecule has 0 aliphatic heterocycles. The van der Waals surface area contributed by atoms with Crippen LogP contribution in [0.25, 0.3) is 0 Å². The predicted molar refractivity (Wildman–Crippen MR) is 59.3 cm³/mol. The van der Waals surface area contributed by atoms with E-state index in [1.807, 2.05) is 6.92 Å². The van der Waals surface area contributed by atoms with E-state index in [1.165, 1.54) is 6.07 Å². The van der Waals surface area contributed by atoms with Gasteiger partial charge in [-0.1, -0.05) is 6.92 Å². The highest BCUT2D eigenvalue weighted by molar-refractivity contribution is 5.94. The number of hydrogen-bond acceptors (Lipinski definition) is 4. The monoisotopic (exact) mass is 225 g/mol. The fraction of sp³-hybridized carbons (Fsp3) is 0.400. The lowest BCUT2D eigenvalue weighted by atomic mass is 10.2. The summed E-state index contributed by atoms with van der Waals surface area (Å²) < 4.78 is 0. The van der Waals surface area contributed by atoms with Crippen molar-refractivity contribution in [2.45, 2.75) is 19.4 Å². The van der Waals surface area contributed by atoms with E-state index in [9.17, 15) is 9.59 Å². The molecule has 5 N–H and O–H groups in total. The molecule has 0 spiro atoms. The summed E-state index contributed by atoms with van der Waals surface area (Å²) >= 11 is 0. The number of aromatic hydroxyl groups is 1. The molecule has 0 saturated heterocycles. The van der Waals surface area contributed by atoms with E-state index in [1.54, 1.807) is 0 Å². The van der Waals surface area contributed by atoms with E-state index in [-0.39, 0.29) is 17.5 Å². The average Bonchev–Trinajstić information content (AvgIpc) is 2.23. The minimum absolute atomic E-state index is 0.112. The summed E-state index contributed by atoms with van der Waals surface area (Å²) in [6, 6.07) is 2.19. The van der Waals surface area contributed by atoms with Crippen LogP contribution in [0.2, 0.25) is 0 Å². The van der Waals surface area contributed by atoms with Gasteiger partial charge in [-0.3, -0.25) is 14.6 Å². The maximum absolute atomic E-state index is 11.5. The fourth-order valence-corrected chi connectivity index (χ4v) is 1.13. The highest BCUT2D eigenvalue weighted by atomic mass is 16.3. The molecule has 0 fully saturated rings. The van der Waals surface area contributed by atoms with Crippen LogP contribution in [0, 0.1) is 0 Å². The van der Waals surface area contributed by atoms with Gasteiger partial charge in [0, 0.05) is 24.7 Å². The van der Waals surface area contributed by atoms with Gasteiger partial charge >= 0.3 is 0 Å². The topological polar surface area (TPSA) is 108 Å². The highest BCUT2D eigenvalue weighted by Crippen LogP contribution is 2.03. The molecule has 0 aliphatic rings. The van der Waals surface area contributed by atoms with Gasteiger partial charge in [0.1, 0.15) is 0 Å². The first-order valence-electron chi connectivity index (χ1n) is 5.00. The second kappa shape index (κ2) is 5.32. The van der Waals surface area contributed by atoms with Crippen LogP contribution in [0.1, 0.15) is 23.7 Å². The smallest absolute Gasteiger partial charge is 0.251 e. The Bertz CT molecular complexity index is 428. The maximum atomic E-state index is 11.5. The van der Waals surface area contributed by atoms with Gasteiger partial charge in [-0.15, -0.1) is 0 Å². The molecule has 1 aromatic heterocycles. The van der Waals surface area contributed by atoms with Crippen LogP contribution in [-0.4, -0.2) is 28.6 Å². The second-order valence-electron chi connectivity index (χ2n) is 3.50. The van der Waals surface area contributed by atoms with Crippen molar-refractivity contribution in [3.8, 4) is 5.88 Å². The molecule has 1 heterocycles. The molecule has 1 rings (SSSR count). The molecule has 1 amide bonds. The molecule has 1 unspecified atom stereocenters. The number of nitrogens with one attached hydrogen (secondary N) is 2. The van der Waals surface area contributed by atoms with Crippen LogP contribution in [0.3, 0.4) is 0 Å². The van der Waals surface area contributed by atoms with Crippen LogP contribution in [0.4, 0.5) is 0 Å². The number of rotatable bonds is 4. The Morgan fingerprint density at radius 3 is 2.88 bits per heavy atom.